The SMILES string of the molecule is c1ccc(-c2ccc(N(c3ccc4c(c3)C3(c5ccccc5-c5ccccc53)c3ccccc3-4)c3ccc4oc5ccccc5c4c3-c3cc4ccccc4c4ccccc34)cc2)cc1. The molecule has 2 heteroatoms. The molecule has 2 aliphatic carbocycles. The van der Waals surface area contributed by atoms with Crippen LogP contribution in [0.5, 0.6) is 0 Å². The van der Waals surface area contributed by atoms with Crippen LogP contribution in [-0.2, 0) is 5.41 Å². The van der Waals surface area contributed by atoms with Gasteiger partial charge in [0.2, 0.25) is 0 Å². The van der Waals surface area contributed by atoms with Crippen LogP contribution in [0, 0.1) is 0 Å². The number of anilines is 3. The van der Waals surface area contributed by atoms with Gasteiger partial charge in [-0.15, -0.1) is 0 Å². The third-order valence-corrected chi connectivity index (χ3v) is 14.3. The van der Waals surface area contributed by atoms with Crippen molar-refractivity contribution in [2.24, 2.45) is 0 Å². The lowest BCUT2D eigenvalue weighted by Gasteiger charge is -2.33. The lowest BCUT2D eigenvalue weighted by Crippen LogP contribution is -2.26. The number of rotatable bonds is 5. The van der Waals surface area contributed by atoms with Crippen molar-refractivity contribution in [2.75, 3.05) is 4.90 Å². The third kappa shape index (κ3) is 5.05. The quantitative estimate of drug-likeness (QED) is 0.161. The van der Waals surface area contributed by atoms with E-state index in [-0.39, 0.29) is 0 Å². The second-order valence-corrected chi connectivity index (χ2v) is 17.5. The van der Waals surface area contributed by atoms with Crippen molar-refractivity contribution in [2.45, 2.75) is 5.41 Å². The molecule has 0 bridgehead atoms. The highest BCUT2D eigenvalue weighted by Crippen LogP contribution is 2.63. The number of para-hydroxylation sites is 1. The Balaban J connectivity index is 1.10. The van der Waals surface area contributed by atoms with E-state index in [0.29, 0.717) is 0 Å². The van der Waals surface area contributed by atoms with Gasteiger partial charge in [0, 0.05) is 27.7 Å². The van der Waals surface area contributed by atoms with Gasteiger partial charge in [0.25, 0.3) is 0 Å². The van der Waals surface area contributed by atoms with Crippen LogP contribution in [0.25, 0.3) is 88.0 Å². The minimum Gasteiger partial charge on any atom is -0.456 e. The number of nitrogens with zero attached hydrogens (tertiary/aromatic N) is 1. The Morgan fingerprint density at radius 2 is 0.862 bits per heavy atom. The van der Waals surface area contributed by atoms with Gasteiger partial charge in [-0.25, -0.2) is 0 Å². The van der Waals surface area contributed by atoms with Gasteiger partial charge in [-0.05, 0) is 131 Å². The predicted octanol–water partition coefficient (Wildman–Crippen LogP) is 17.0. The van der Waals surface area contributed by atoms with E-state index >= 15 is 0 Å². The van der Waals surface area contributed by atoms with E-state index in [1.165, 1.54) is 82.7 Å². The molecule has 11 aromatic carbocycles. The molecule has 14 rings (SSSR count). The van der Waals surface area contributed by atoms with Gasteiger partial charge < -0.3 is 9.32 Å². The second kappa shape index (κ2) is 13.8. The van der Waals surface area contributed by atoms with Gasteiger partial charge in [0.15, 0.2) is 0 Å². The standard InChI is InChI=1S/C63H39NO/c1-2-16-40(17-3-1)41-30-32-43(33-31-41)64(44-34-35-51-50-24-10-14-28-56(50)63(57(51)39-44)54-26-12-8-22-48(54)49-23-9-13-27-55(49)63)58-36-37-60-62(52-25-11-15-29-59(52)65-60)61(58)53-38-42-18-4-5-19-45(42)46-20-6-7-21-47(46)53/h1-39H. The zero-order chi connectivity index (χ0) is 42.6. The van der Waals surface area contributed by atoms with Crippen LogP contribution in [0.3, 0.4) is 0 Å². The summed E-state index contributed by atoms with van der Waals surface area (Å²) >= 11 is 0. The average molecular weight is 826 g/mol. The Kier molecular flexibility index (Phi) is 7.64. The molecule has 302 valence electrons. The molecule has 2 nitrogen and oxygen atoms in total. The molecule has 0 N–H and O–H groups in total. The first-order valence-electron chi connectivity index (χ1n) is 22.5. The summed E-state index contributed by atoms with van der Waals surface area (Å²) in [5.74, 6) is 0. The zero-order valence-corrected chi connectivity index (χ0v) is 35.4. The van der Waals surface area contributed by atoms with Gasteiger partial charge in [-0.2, -0.15) is 0 Å². The summed E-state index contributed by atoms with van der Waals surface area (Å²) in [4.78, 5) is 2.50. The van der Waals surface area contributed by atoms with E-state index in [1.807, 2.05) is 0 Å². The third-order valence-electron chi connectivity index (χ3n) is 14.3. The molecule has 0 saturated heterocycles. The topological polar surface area (TPSA) is 16.4 Å². The van der Waals surface area contributed by atoms with E-state index in [9.17, 15) is 0 Å². The number of hydrogen-bond acceptors (Lipinski definition) is 2. The van der Waals surface area contributed by atoms with Crippen LogP contribution in [-0.4, -0.2) is 0 Å². The number of furan rings is 1. The molecule has 0 radical (unpaired) electrons. The number of hydrogen-bond donors (Lipinski definition) is 0. The van der Waals surface area contributed by atoms with Crippen molar-refractivity contribution in [1.29, 1.82) is 0 Å². The molecule has 1 aromatic heterocycles. The molecule has 1 spiro atoms. The summed E-state index contributed by atoms with van der Waals surface area (Å²) < 4.78 is 6.73. The molecule has 0 saturated carbocycles. The molecular formula is C63H39NO. The normalized spacial score (nSPS) is 13.0. The Labute approximate surface area is 376 Å². The summed E-state index contributed by atoms with van der Waals surface area (Å²) in [5, 5.41) is 7.07. The Morgan fingerprint density at radius 3 is 1.57 bits per heavy atom. The van der Waals surface area contributed by atoms with E-state index in [4.69, 9.17) is 4.42 Å². The van der Waals surface area contributed by atoms with Crippen molar-refractivity contribution in [3.63, 3.8) is 0 Å². The number of benzene rings is 11. The number of fused-ring (bicyclic) bond motifs is 16. The molecule has 0 unspecified atom stereocenters. The molecule has 12 aromatic rings. The van der Waals surface area contributed by atoms with Crippen molar-refractivity contribution < 1.29 is 4.42 Å². The lowest BCUT2D eigenvalue weighted by atomic mass is 9.70. The molecular weight excluding hydrogens is 787 g/mol. The van der Waals surface area contributed by atoms with Crippen molar-refractivity contribution >= 4 is 60.5 Å². The van der Waals surface area contributed by atoms with E-state index in [0.717, 1.165) is 44.6 Å². The van der Waals surface area contributed by atoms with E-state index in [2.05, 4.69) is 241 Å². The van der Waals surface area contributed by atoms with Crippen molar-refractivity contribution in [1.82, 2.24) is 0 Å². The Morgan fingerprint density at radius 1 is 0.323 bits per heavy atom. The maximum absolute atomic E-state index is 6.73. The molecule has 0 amide bonds. The minimum absolute atomic E-state index is 0.486. The van der Waals surface area contributed by atoms with Crippen LogP contribution in [0.2, 0.25) is 0 Å². The van der Waals surface area contributed by atoms with Crippen molar-refractivity contribution in [3.8, 4) is 44.5 Å². The molecule has 0 atom stereocenters. The van der Waals surface area contributed by atoms with Gasteiger partial charge in [0.1, 0.15) is 11.2 Å². The van der Waals surface area contributed by atoms with Gasteiger partial charge >= 0.3 is 0 Å². The average Bonchev–Trinajstić information content (AvgIpc) is 4.01. The van der Waals surface area contributed by atoms with Gasteiger partial charge in [-0.3, -0.25) is 0 Å². The molecule has 2 aliphatic rings. The first kappa shape index (κ1) is 36.1. The summed E-state index contributed by atoms with van der Waals surface area (Å²) in [5.41, 5.74) is 19.6. The molecule has 1 heterocycles. The fraction of sp³-hybridized carbons (Fsp3) is 0.0159. The lowest BCUT2D eigenvalue weighted by molar-refractivity contribution is 0.669. The zero-order valence-electron chi connectivity index (χ0n) is 35.4. The highest BCUT2D eigenvalue weighted by molar-refractivity contribution is 6.22. The Hall–Kier alpha value is -8.46. The molecule has 65 heavy (non-hydrogen) atoms. The maximum Gasteiger partial charge on any atom is 0.136 e. The smallest absolute Gasteiger partial charge is 0.136 e. The van der Waals surface area contributed by atoms with E-state index in [1.54, 1.807) is 0 Å². The first-order chi connectivity index (χ1) is 32.3. The maximum atomic E-state index is 6.73. The largest absolute Gasteiger partial charge is 0.456 e. The highest BCUT2D eigenvalue weighted by atomic mass is 16.3. The summed E-state index contributed by atoms with van der Waals surface area (Å²) in [6.45, 7) is 0. The fourth-order valence-electron chi connectivity index (χ4n) is 11.6. The summed E-state index contributed by atoms with van der Waals surface area (Å²) in [6.07, 6.45) is 0. The summed E-state index contributed by atoms with van der Waals surface area (Å²) in [7, 11) is 0. The van der Waals surface area contributed by atoms with Crippen LogP contribution < -0.4 is 4.90 Å². The molecule has 0 fully saturated rings. The van der Waals surface area contributed by atoms with Crippen LogP contribution in [0.1, 0.15) is 22.3 Å². The van der Waals surface area contributed by atoms with Crippen LogP contribution in [0.15, 0.2) is 241 Å². The van der Waals surface area contributed by atoms with Crippen LogP contribution >= 0.6 is 0 Å². The second-order valence-electron chi connectivity index (χ2n) is 17.5. The Bertz CT molecular complexity index is 3830. The minimum atomic E-state index is -0.486. The van der Waals surface area contributed by atoms with Gasteiger partial charge in [0.05, 0.1) is 11.1 Å². The van der Waals surface area contributed by atoms with Crippen LogP contribution in [0.4, 0.5) is 17.1 Å². The summed E-state index contributed by atoms with van der Waals surface area (Å²) in [6, 6.07) is 87.2. The van der Waals surface area contributed by atoms with E-state index < -0.39 is 5.41 Å². The predicted molar refractivity (Wildman–Crippen MR) is 271 cm³/mol. The monoisotopic (exact) mass is 825 g/mol. The van der Waals surface area contributed by atoms with Gasteiger partial charge in [-0.1, -0.05) is 188 Å². The fourth-order valence-corrected chi connectivity index (χ4v) is 11.6. The van der Waals surface area contributed by atoms with Crippen molar-refractivity contribution in [3.05, 3.63) is 259 Å². The first-order valence-corrected chi connectivity index (χ1v) is 22.5. The molecule has 0 aliphatic heterocycles. The highest BCUT2D eigenvalue weighted by Gasteiger charge is 2.51.